The van der Waals surface area contributed by atoms with Gasteiger partial charge in [0.05, 0.1) is 17.6 Å². The number of aromatic nitrogens is 2. The van der Waals surface area contributed by atoms with Crippen LogP contribution in [0.1, 0.15) is 30.4 Å². The number of hydrogen-bond donors (Lipinski definition) is 3. The molecule has 0 saturated carbocycles. The van der Waals surface area contributed by atoms with Crippen molar-refractivity contribution in [2.24, 2.45) is 0 Å². The Kier molecular flexibility index (Phi) is 7.09. The van der Waals surface area contributed by atoms with Crippen LogP contribution >= 0.6 is 11.3 Å². The van der Waals surface area contributed by atoms with Crippen molar-refractivity contribution < 1.29 is 14.3 Å². The van der Waals surface area contributed by atoms with Gasteiger partial charge in [0.15, 0.2) is 5.13 Å². The van der Waals surface area contributed by atoms with Gasteiger partial charge in [0.1, 0.15) is 10.5 Å². The van der Waals surface area contributed by atoms with Gasteiger partial charge in [-0.05, 0) is 44.5 Å². The molecular formula is C24H28N6O3S. The first-order chi connectivity index (χ1) is 16.3. The van der Waals surface area contributed by atoms with Gasteiger partial charge in [-0.15, -0.1) is 0 Å². The van der Waals surface area contributed by atoms with Gasteiger partial charge in [-0.25, -0.2) is 9.78 Å². The average molecular weight is 481 g/mol. The molecule has 2 amide bonds. The Hall–Kier alpha value is -3.50. The van der Waals surface area contributed by atoms with Crippen LogP contribution in [0.2, 0.25) is 0 Å². The smallest absolute Gasteiger partial charge is 0.412 e. The summed E-state index contributed by atoms with van der Waals surface area (Å²) in [5, 5.41) is 9.80. The Balaban J connectivity index is 1.58. The molecule has 4 rings (SSSR count). The van der Waals surface area contributed by atoms with Gasteiger partial charge in [0.25, 0.3) is 5.91 Å². The number of nitrogens with zero attached hydrogens (tertiary/aromatic N) is 3. The lowest BCUT2D eigenvalue weighted by atomic mass is 10.1. The van der Waals surface area contributed by atoms with Crippen LogP contribution in [-0.4, -0.2) is 53.7 Å². The summed E-state index contributed by atoms with van der Waals surface area (Å²) in [5.74, 6) is -0.297. The average Bonchev–Trinajstić information content (AvgIpc) is 3.31. The zero-order valence-corrected chi connectivity index (χ0v) is 20.2. The number of carbonyl (C=O) groups is 2. The topological polar surface area (TPSA) is 108 Å². The van der Waals surface area contributed by atoms with Crippen molar-refractivity contribution >= 4 is 39.8 Å². The van der Waals surface area contributed by atoms with Crippen molar-refractivity contribution in [1.82, 2.24) is 15.3 Å². The Morgan fingerprint density at radius 2 is 1.85 bits per heavy atom. The molecule has 0 bridgehead atoms. The second kappa shape index (κ2) is 10.2. The standard InChI is InChI=1S/C24H28N6O3S/c1-24(2,3)33-23(32)29-18-7-6-16(17-5-4-8-26-14-17)13-19(18)28-21(31)20-15-27-22(34-20)30-11-9-25-10-12-30/h4-8,13-15,25H,9-12H2,1-3H3,(H,28,31)(H,29,32). The van der Waals surface area contributed by atoms with E-state index in [1.54, 1.807) is 51.5 Å². The molecule has 3 N–H and O–H groups in total. The summed E-state index contributed by atoms with van der Waals surface area (Å²) in [5.41, 5.74) is 1.98. The molecule has 178 valence electrons. The minimum atomic E-state index is -0.647. The maximum absolute atomic E-state index is 13.1. The van der Waals surface area contributed by atoms with Gasteiger partial charge in [0.2, 0.25) is 0 Å². The highest BCUT2D eigenvalue weighted by Gasteiger charge is 2.20. The highest BCUT2D eigenvalue weighted by molar-refractivity contribution is 7.17. The zero-order chi connectivity index (χ0) is 24.1. The SMILES string of the molecule is CC(C)(C)OC(=O)Nc1ccc(-c2cccnc2)cc1NC(=O)c1cnc(N2CCNCC2)s1. The number of piperazine rings is 1. The van der Waals surface area contributed by atoms with Crippen LogP contribution in [0.4, 0.5) is 21.3 Å². The third kappa shape index (κ3) is 6.09. The Labute approximate surface area is 202 Å². The van der Waals surface area contributed by atoms with E-state index in [1.807, 2.05) is 18.2 Å². The van der Waals surface area contributed by atoms with E-state index in [0.29, 0.717) is 16.3 Å². The van der Waals surface area contributed by atoms with Crippen molar-refractivity contribution in [3.05, 3.63) is 53.8 Å². The lowest BCUT2D eigenvalue weighted by molar-refractivity contribution is 0.0635. The molecule has 2 aromatic heterocycles. The van der Waals surface area contributed by atoms with E-state index >= 15 is 0 Å². The van der Waals surface area contributed by atoms with E-state index < -0.39 is 11.7 Å². The molecule has 1 aliphatic heterocycles. The maximum Gasteiger partial charge on any atom is 0.412 e. The number of rotatable bonds is 5. The number of anilines is 3. The highest BCUT2D eigenvalue weighted by Crippen LogP contribution is 2.31. The van der Waals surface area contributed by atoms with Crippen molar-refractivity contribution in [3.8, 4) is 11.1 Å². The fourth-order valence-corrected chi connectivity index (χ4v) is 4.30. The van der Waals surface area contributed by atoms with Gasteiger partial charge in [-0.3, -0.25) is 15.1 Å². The van der Waals surface area contributed by atoms with Crippen LogP contribution in [0.3, 0.4) is 0 Å². The van der Waals surface area contributed by atoms with E-state index in [4.69, 9.17) is 4.74 Å². The van der Waals surface area contributed by atoms with Crippen LogP contribution in [-0.2, 0) is 4.74 Å². The van der Waals surface area contributed by atoms with Crippen LogP contribution in [0.5, 0.6) is 0 Å². The number of nitrogens with one attached hydrogen (secondary N) is 3. The van der Waals surface area contributed by atoms with Crippen molar-refractivity contribution in [3.63, 3.8) is 0 Å². The van der Waals surface area contributed by atoms with E-state index in [9.17, 15) is 9.59 Å². The summed E-state index contributed by atoms with van der Waals surface area (Å²) in [6.07, 6.45) is 4.43. The van der Waals surface area contributed by atoms with Crippen LogP contribution in [0, 0.1) is 0 Å². The summed E-state index contributed by atoms with van der Waals surface area (Å²) in [6, 6.07) is 9.17. The van der Waals surface area contributed by atoms with E-state index in [-0.39, 0.29) is 5.91 Å². The third-order valence-corrected chi connectivity index (χ3v) is 6.06. The zero-order valence-electron chi connectivity index (χ0n) is 19.4. The van der Waals surface area contributed by atoms with Gasteiger partial charge >= 0.3 is 6.09 Å². The van der Waals surface area contributed by atoms with Gasteiger partial charge < -0.3 is 20.3 Å². The second-order valence-electron chi connectivity index (χ2n) is 8.83. The summed E-state index contributed by atoms with van der Waals surface area (Å²) >= 11 is 1.35. The molecule has 9 nitrogen and oxygen atoms in total. The Bertz CT molecular complexity index is 1150. The molecule has 10 heteroatoms. The fraction of sp³-hybridized carbons (Fsp3) is 0.333. The molecule has 1 fully saturated rings. The normalized spacial score (nSPS) is 13.9. The summed E-state index contributed by atoms with van der Waals surface area (Å²) < 4.78 is 5.38. The van der Waals surface area contributed by atoms with E-state index in [2.05, 4.69) is 30.8 Å². The number of pyridine rings is 1. The number of thiazole rings is 1. The lowest BCUT2D eigenvalue weighted by Gasteiger charge is -2.26. The molecule has 1 aromatic carbocycles. The fourth-order valence-electron chi connectivity index (χ4n) is 3.44. The lowest BCUT2D eigenvalue weighted by Crippen LogP contribution is -2.43. The van der Waals surface area contributed by atoms with Crippen molar-refractivity contribution in [2.45, 2.75) is 26.4 Å². The molecule has 0 aliphatic carbocycles. The molecule has 34 heavy (non-hydrogen) atoms. The quantitative estimate of drug-likeness (QED) is 0.502. The largest absolute Gasteiger partial charge is 0.444 e. The van der Waals surface area contributed by atoms with Crippen LogP contribution in [0.25, 0.3) is 11.1 Å². The number of benzene rings is 1. The minimum Gasteiger partial charge on any atom is -0.444 e. The predicted molar refractivity (Wildman–Crippen MR) is 135 cm³/mol. The molecule has 0 radical (unpaired) electrons. The molecule has 3 aromatic rings. The maximum atomic E-state index is 13.1. The Morgan fingerprint density at radius 3 is 2.56 bits per heavy atom. The summed E-state index contributed by atoms with van der Waals surface area (Å²) in [7, 11) is 0. The minimum absolute atomic E-state index is 0.297. The number of ether oxygens (including phenoxy) is 1. The molecule has 1 aliphatic rings. The van der Waals surface area contributed by atoms with Crippen molar-refractivity contribution in [2.75, 3.05) is 41.7 Å². The van der Waals surface area contributed by atoms with Crippen LogP contribution in [0.15, 0.2) is 48.9 Å². The first-order valence-electron chi connectivity index (χ1n) is 11.1. The third-order valence-electron chi connectivity index (χ3n) is 5.00. The van der Waals surface area contributed by atoms with Crippen molar-refractivity contribution in [1.29, 1.82) is 0 Å². The number of carbonyl (C=O) groups excluding carboxylic acids is 2. The number of hydrogen-bond acceptors (Lipinski definition) is 8. The molecule has 3 heterocycles. The first-order valence-corrected chi connectivity index (χ1v) is 11.9. The monoisotopic (exact) mass is 480 g/mol. The molecule has 1 saturated heterocycles. The van der Waals surface area contributed by atoms with E-state index in [1.165, 1.54) is 11.3 Å². The highest BCUT2D eigenvalue weighted by atomic mass is 32.1. The summed E-state index contributed by atoms with van der Waals surface area (Å²) in [6.45, 7) is 8.86. The number of amides is 2. The predicted octanol–water partition coefficient (Wildman–Crippen LogP) is 4.21. The molecule has 0 spiro atoms. The second-order valence-corrected chi connectivity index (χ2v) is 9.84. The van der Waals surface area contributed by atoms with Gasteiger partial charge in [-0.2, -0.15) is 0 Å². The van der Waals surface area contributed by atoms with Gasteiger partial charge in [0, 0.05) is 44.1 Å². The molecule has 0 unspecified atom stereocenters. The molecular weight excluding hydrogens is 452 g/mol. The van der Waals surface area contributed by atoms with E-state index in [0.717, 1.165) is 42.4 Å². The van der Waals surface area contributed by atoms with Gasteiger partial charge in [-0.1, -0.05) is 23.5 Å². The Morgan fingerprint density at radius 1 is 1.06 bits per heavy atom. The summed E-state index contributed by atoms with van der Waals surface area (Å²) in [4.78, 5) is 36.7. The van der Waals surface area contributed by atoms with Crippen LogP contribution < -0.4 is 20.9 Å². The first kappa shape index (κ1) is 23.7. The molecule has 0 atom stereocenters.